The maximum Gasteiger partial charge on any atom is 0.250 e. The third kappa shape index (κ3) is 4.07. The zero-order valence-electron chi connectivity index (χ0n) is 14.5. The Morgan fingerprint density at radius 1 is 1.16 bits per heavy atom. The van der Waals surface area contributed by atoms with Gasteiger partial charge in [0.25, 0.3) is 0 Å². The van der Waals surface area contributed by atoms with Crippen molar-refractivity contribution in [3.05, 3.63) is 70.2 Å². The number of para-hydroxylation sites is 1. The standard InChI is InChI=1S/C20H21BrN2O.ClH/c1-20(2)13-14-8-4-5-9-15(14)18(23(20)3)12-19(24)22-17-11-7-6-10-16(17)21;/h4-12H,13H2,1-3H3,(H,22,24);1H/b18-12-;. The molecular weight excluding hydrogens is 400 g/mol. The summed E-state index contributed by atoms with van der Waals surface area (Å²) >= 11 is 3.46. The van der Waals surface area contributed by atoms with Crippen molar-refractivity contribution < 1.29 is 4.79 Å². The highest BCUT2D eigenvalue weighted by Gasteiger charge is 2.33. The number of carbonyl (C=O) groups excluding carboxylic acids is 1. The SMILES string of the molecule is CN1/C(=C\C(=O)Nc2ccccc2Br)c2ccccc2CC1(C)C.Cl. The number of fused-ring (bicyclic) bond motifs is 1. The second-order valence-electron chi connectivity index (χ2n) is 6.70. The molecule has 2 aromatic carbocycles. The average molecular weight is 422 g/mol. The highest BCUT2D eigenvalue weighted by atomic mass is 79.9. The van der Waals surface area contributed by atoms with Crippen molar-refractivity contribution in [3.63, 3.8) is 0 Å². The molecule has 1 aliphatic rings. The molecule has 0 aliphatic carbocycles. The first-order chi connectivity index (χ1) is 11.4. The van der Waals surface area contributed by atoms with E-state index in [0.717, 1.165) is 27.8 Å². The maximum atomic E-state index is 12.6. The van der Waals surface area contributed by atoms with Gasteiger partial charge in [0.15, 0.2) is 0 Å². The summed E-state index contributed by atoms with van der Waals surface area (Å²) in [6.45, 7) is 4.39. The Bertz CT molecular complexity index is 817. The van der Waals surface area contributed by atoms with E-state index in [1.807, 2.05) is 37.4 Å². The first-order valence-electron chi connectivity index (χ1n) is 7.98. The van der Waals surface area contributed by atoms with Crippen LogP contribution in [0.3, 0.4) is 0 Å². The van der Waals surface area contributed by atoms with Crippen LogP contribution in [0, 0.1) is 0 Å². The molecule has 1 amide bonds. The Balaban J connectivity index is 0.00000225. The first-order valence-corrected chi connectivity index (χ1v) is 8.77. The monoisotopic (exact) mass is 420 g/mol. The number of halogens is 2. The Labute approximate surface area is 163 Å². The Morgan fingerprint density at radius 3 is 2.52 bits per heavy atom. The van der Waals surface area contributed by atoms with Gasteiger partial charge >= 0.3 is 0 Å². The van der Waals surface area contributed by atoms with Crippen molar-refractivity contribution in [1.82, 2.24) is 4.90 Å². The molecule has 1 N–H and O–H groups in total. The number of anilines is 1. The minimum atomic E-state index is -0.128. The van der Waals surface area contributed by atoms with Gasteiger partial charge in [-0.3, -0.25) is 4.79 Å². The normalized spacial score (nSPS) is 16.8. The molecule has 0 spiro atoms. The number of hydrogen-bond acceptors (Lipinski definition) is 2. The van der Waals surface area contributed by atoms with Crippen LogP contribution in [0.4, 0.5) is 5.69 Å². The van der Waals surface area contributed by atoms with Crippen molar-refractivity contribution in [2.75, 3.05) is 12.4 Å². The lowest BCUT2D eigenvalue weighted by Crippen LogP contribution is -2.45. The van der Waals surface area contributed by atoms with Gasteiger partial charge in [-0.25, -0.2) is 0 Å². The van der Waals surface area contributed by atoms with Crippen molar-refractivity contribution in [1.29, 1.82) is 0 Å². The fourth-order valence-electron chi connectivity index (χ4n) is 3.05. The first kappa shape index (κ1) is 19.5. The van der Waals surface area contributed by atoms with Gasteiger partial charge in [-0.1, -0.05) is 36.4 Å². The van der Waals surface area contributed by atoms with Crippen LogP contribution in [0.1, 0.15) is 25.0 Å². The predicted octanol–water partition coefficient (Wildman–Crippen LogP) is 5.12. The molecule has 0 unspecified atom stereocenters. The number of benzene rings is 2. The van der Waals surface area contributed by atoms with Gasteiger partial charge in [-0.05, 0) is 53.9 Å². The van der Waals surface area contributed by atoms with Crippen LogP contribution in [-0.2, 0) is 11.2 Å². The summed E-state index contributed by atoms with van der Waals surface area (Å²) < 4.78 is 0.870. The van der Waals surface area contributed by atoms with Gasteiger partial charge in [0.1, 0.15) is 0 Å². The number of rotatable bonds is 2. The molecule has 1 aliphatic heterocycles. The van der Waals surface area contributed by atoms with E-state index in [9.17, 15) is 4.79 Å². The van der Waals surface area contributed by atoms with Crippen molar-refractivity contribution >= 4 is 45.6 Å². The molecule has 0 saturated heterocycles. The summed E-state index contributed by atoms with van der Waals surface area (Å²) in [6, 6.07) is 15.9. The lowest BCUT2D eigenvalue weighted by atomic mass is 9.84. The summed E-state index contributed by atoms with van der Waals surface area (Å²) in [6.07, 6.45) is 2.65. The van der Waals surface area contributed by atoms with Crippen molar-refractivity contribution in [3.8, 4) is 0 Å². The van der Waals surface area contributed by atoms with E-state index in [2.05, 4.69) is 58.2 Å². The van der Waals surface area contributed by atoms with Crippen molar-refractivity contribution in [2.24, 2.45) is 0 Å². The van der Waals surface area contributed by atoms with E-state index < -0.39 is 0 Å². The quantitative estimate of drug-likeness (QED) is 0.683. The zero-order valence-corrected chi connectivity index (χ0v) is 16.9. The largest absolute Gasteiger partial charge is 0.368 e. The summed E-state index contributed by atoms with van der Waals surface area (Å²) in [5.41, 5.74) is 4.09. The number of carbonyl (C=O) groups is 1. The topological polar surface area (TPSA) is 32.3 Å². The van der Waals surface area contributed by atoms with Crippen LogP contribution < -0.4 is 5.32 Å². The highest BCUT2D eigenvalue weighted by Crippen LogP contribution is 2.36. The van der Waals surface area contributed by atoms with Crippen LogP contribution in [-0.4, -0.2) is 23.4 Å². The number of likely N-dealkylation sites (N-methyl/N-ethyl adjacent to an activating group) is 1. The van der Waals surface area contributed by atoms with Gasteiger partial charge in [-0.2, -0.15) is 0 Å². The predicted molar refractivity (Wildman–Crippen MR) is 110 cm³/mol. The second kappa shape index (κ2) is 7.63. The number of nitrogens with zero attached hydrogens (tertiary/aromatic N) is 1. The molecule has 0 aromatic heterocycles. The van der Waals surface area contributed by atoms with Crippen molar-refractivity contribution in [2.45, 2.75) is 25.8 Å². The summed E-state index contributed by atoms with van der Waals surface area (Å²) in [5, 5.41) is 2.95. The van der Waals surface area contributed by atoms with Gasteiger partial charge < -0.3 is 10.2 Å². The second-order valence-corrected chi connectivity index (χ2v) is 7.56. The zero-order chi connectivity index (χ0) is 17.3. The van der Waals surface area contributed by atoms with Crippen LogP contribution in [0.2, 0.25) is 0 Å². The molecule has 0 saturated carbocycles. The van der Waals surface area contributed by atoms with Gasteiger partial charge in [0.2, 0.25) is 5.91 Å². The summed E-state index contributed by atoms with van der Waals surface area (Å²) in [7, 11) is 2.05. The average Bonchev–Trinajstić information content (AvgIpc) is 2.54. The van der Waals surface area contributed by atoms with Gasteiger partial charge in [0, 0.05) is 34.4 Å². The molecule has 132 valence electrons. The number of amides is 1. The number of nitrogens with one attached hydrogen (secondary N) is 1. The fraction of sp³-hybridized carbons (Fsp3) is 0.250. The molecule has 2 aromatic rings. The Kier molecular flexibility index (Phi) is 5.96. The molecule has 0 radical (unpaired) electrons. The molecule has 0 fully saturated rings. The molecule has 3 nitrogen and oxygen atoms in total. The minimum Gasteiger partial charge on any atom is -0.368 e. The van der Waals surface area contributed by atoms with E-state index in [4.69, 9.17) is 0 Å². The van der Waals surface area contributed by atoms with Crippen LogP contribution in [0.25, 0.3) is 5.70 Å². The Morgan fingerprint density at radius 2 is 1.80 bits per heavy atom. The van der Waals surface area contributed by atoms with Gasteiger partial charge in [-0.15, -0.1) is 12.4 Å². The molecule has 1 heterocycles. The van der Waals surface area contributed by atoms with E-state index in [1.54, 1.807) is 6.08 Å². The molecule has 25 heavy (non-hydrogen) atoms. The summed E-state index contributed by atoms with van der Waals surface area (Å²) in [4.78, 5) is 14.8. The highest BCUT2D eigenvalue weighted by molar-refractivity contribution is 9.10. The molecule has 0 atom stereocenters. The van der Waals surface area contributed by atoms with E-state index >= 15 is 0 Å². The van der Waals surface area contributed by atoms with Gasteiger partial charge in [0.05, 0.1) is 5.69 Å². The summed E-state index contributed by atoms with van der Waals surface area (Å²) in [5.74, 6) is -0.128. The van der Waals surface area contributed by atoms with E-state index in [0.29, 0.717) is 0 Å². The molecule has 5 heteroatoms. The lowest BCUT2D eigenvalue weighted by Gasteiger charge is -2.44. The van der Waals surface area contributed by atoms with Crippen LogP contribution in [0.5, 0.6) is 0 Å². The third-order valence-corrected chi connectivity index (χ3v) is 5.28. The maximum absolute atomic E-state index is 12.6. The fourth-order valence-corrected chi connectivity index (χ4v) is 3.43. The lowest BCUT2D eigenvalue weighted by molar-refractivity contribution is -0.111. The van der Waals surface area contributed by atoms with E-state index in [1.165, 1.54) is 5.56 Å². The van der Waals surface area contributed by atoms with E-state index in [-0.39, 0.29) is 23.9 Å². The minimum absolute atomic E-state index is 0. The molecule has 0 bridgehead atoms. The molecular formula is C20H22BrClN2O. The van der Waals surface area contributed by atoms with Crippen LogP contribution in [0.15, 0.2) is 59.1 Å². The van der Waals surface area contributed by atoms with Crippen LogP contribution >= 0.6 is 28.3 Å². The molecule has 3 rings (SSSR count). The number of hydrogen-bond donors (Lipinski definition) is 1. The Hall–Kier alpha value is -1.78. The smallest absolute Gasteiger partial charge is 0.250 e. The third-order valence-electron chi connectivity index (χ3n) is 4.59.